The second-order valence-electron chi connectivity index (χ2n) is 4.92. The van der Waals surface area contributed by atoms with Crippen LogP contribution in [0.25, 0.3) is 0 Å². The van der Waals surface area contributed by atoms with E-state index >= 15 is 0 Å². The van der Waals surface area contributed by atoms with Gasteiger partial charge >= 0.3 is 0 Å². The molecule has 0 fully saturated rings. The van der Waals surface area contributed by atoms with Crippen molar-refractivity contribution in [2.24, 2.45) is 0 Å². The van der Waals surface area contributed by atoms with Gasteiger partial charge in [-0.3, -0.25) is 0 Å². The first-order valence-electron chi connectivity index (χ1n) is 5.69. The zero-order valence-electron chi connectivity index (χ0n) is 11.5. The third kappa shape index (κ3) is 3.85. The molecule has 1 aromatic heterocycles. The smallest absolute Gasteiger partial charge is 0.225 e. The number of aryl methyl sites for hydroxylation is 1. The van der Waals surface area contributed by atoms with Crippen molar-refractivity contribution in [2.75, 3.05) is 33.1 Å². The second kappa shape index (κ2) is 5.31. The molecule has 0 unspecified atom stereocenters. The minimum absolute atomic E-state index is 0.0291. The Balaban J connectivity index is 2.72. The lowest BCUT2D eigenvalue weighted by molar-refractivity contribution is 0.111. The zero-order chi connectivity index (χ0) is 13.1. The number of hydrogen-bond donors (Lipinski definition) is 1. The number of nitrogens with one attached hydrogen (secondary N) is 1. The highest BCUT2D eigenvalue weighted by Crippen LogP contribution is 2.15. The summed E-state index contributed by atoms with van der Waals surface area (Å²) in [6.45, 7) is 6.76. The lowest BCUT2D eigenvalue weighted by Gasteiger charge is -2.31. The van der Waals surface area contributed by atoms with Crippen molar-refractivity contribution < 1.29 is 4.74 Å². The molecule has 0 aromatic carbocycles. The molecule has 1 rings (SSSR count). The van der Waals surface area contributed by atoms with Crippen LogP contribution < -0.4 is 10.1 Å². The molecule has 96 valence electrons. The van der Waals surface area contributed by atoms with E-state index in [1.165, 1.54) is 0 Å². The Morgan fingerprint density at radius 1 is 1.35 bits per heavy atom. The van der Waals surface area contributed by atoms with Crippen LogP contribution in [0.4, 0.5) is 5.95 Å². The number of rotatable bonds is 5. The first-order valence-corrected chi connectivity index (χ1v) is 5.69. The van der Waals surface area contributed by atoms with Crippen LogP contribution in [-0.4, -0.2) is 48.2 Å². The highest BCUT2D eigenvalue weighted by molar-refractivity contribution is 5.29. The first kappa shape index (κ1) is 13.7. The standard InChI is InChI=1S/C12H22N4O/c1-9-7-10(15-11(13-4)14-9)17-8-12(2,3)16(5)6/h7H,8H2,1-6H3,(H,13,14,15). The van der Waals surface area contributed by atoms with Crippen LogP contribution in [0.5, 0.6) is 5.88 Å². The third-order valence-corrected chi connectivity index (χ3v) is 2.84. The largest absolute Gasteiger partial charge is 0.476 e. The summed E-state index contributed by atoms with van der Waals surface area (Å²) in [6, 6.07) is 1.84. The van der Waals surface area contributed by atoms with Gasteiger partial charge in [-0.1, -0.05) is 0 Å². The van der Waals surface area contributed by atoms with E-state index in [1.807, 2.05) is 27.1 Å². The van der Waals surface area contributed by atoms with Gasteiger partial charge in [0.25, 0.3) is 0 Å². The SMILES string of the molecule is CNc1nc(C)cc(OCC(C)(C)N(C)C)n1. The van der Waals surface area contributed by atoms with E-state index in [-0.39, 0.29) is 5.54 Å². The van der Waals surface area contributed by atoms with E-state index in [0.717, 1.165) is 5.69 Å². The Kier molecular flexibility index (Phi) is 4.28. The van der Waals surface area contributed by atoms with Crippen LogP contribution in [0, 0.1) is 6.92 Å². The second-order valence-corrected chi connectivity index (χ2v) is 4.92. The topological polar surface area (TPSA) is 50.3 Å². The first-order chi connectivity index (χ1) is 7.85. The fourth-order valence-corrected chi connectivity index (χ4v) is 1.11. The van der Waals surface area contributed by atoms with Crippen molar-refractivity contribution >= 4 is 5.95 Å². The molecule has 0 amide bonds. The number of anilines is 1. The molecule has 17 heavy (non-hydrogen) atoms. The van der Waals surface area contributed by atoms with E-state index in [4.69, 9.17) is 4.74 Å². The summed E-state index contributed by atoms with van der Waals surface area (Å²) in [6.07, 6.45) is 0. The maximum Gasteiger partial charge on any atom is 0.225 e. The summed E-state index contributed by atoms with van der Waals surface area (Å²) < 4.78 is 5.72. The highest BCUT2D eigenvalue weighted by atomic mass is 16.5. The molecule has 0 aliphatic rings. The minimum Gasteiger partial charge on any atom is -0.476 e. The average molecular weight is 238 g/mol. The fraction of sp³-hybridized carbons (Fsp3) is 0.667. The quantitative estimate of drug-likeness (QED) is 0.843. The van der Waals surface area contributed by atoms with Crippen LogP contribution in [-0.2, 0) is 0 Å². The van der Waals surface area contributed by atoms with Gasteiger partial charge in [-0.25, -0.2) is 4.98 Å². The summed E-state index contributed by atoms with van der Waals surface area (Å²) in [5.41, 5.74) is 0.862. The number of hydrogen-bond acceptors (Lipinski definition) is 5. The zero-order valence-corrected chi connectivity index (χ0v) is 11.5. The van der Waals surface area contributed by atoms with E-state index in [0.29, 0.717) is 18.4 Å². The van der Waals surface area contributed by atoms with Gasteiger partial charge in [0.15, 0.2) is 0 Å². The summed E-state index contributed by atoms with van der Waals surface area (Å²) in [5.74, 6) is 1.19. The van der Waals surface area contributed by atoms with Crippen LogP contribution in [0.1, 0.15) is 19.5 Å². The van der Waals surface area contributed by atoms with Gasteiger partial charge in [-0.05, 0) is 34.9 Å². The molecule has 0 saturated carbocycles. The molecule has 0 radical (unpaired) electrons. The van der Waals surface area contributed by atoms with Crippen molar-refractivity contribution in [1.29, 1.82) is 0 Å². The van der Waals surface area contributed by atoms with Gasteiger partial charge in [0, 0.05) is 24.3 Å². The molecular formula is C12H22N4O. The molecule has 1 aromatic rings. The van der Waals surface area contributed by atoms with Crippen molar-refractivity contribution in [2.45, 2.75) is 26.3 Å². The van der Waals surface area contributed by atoms with Crippen LogP contribution in [0.15, 0.2) is 6.07 Å². The predicted octanol–water partition coefficient (Wildman–Crippen LogP) is 1.55. The molecule has 1 N–H and O–H groups in total. The van der Waals surface area contributed by atoms with Gasteiger partial charge in [0.1, 0.15) is 6.61 Å². The summed E-state index contributed by atoms with van der Waals surface area (Å²) in [5, 5.41) is 2.92. The number of aromatic nitrogens is 2. The van der Waals surface area contributed by atoms with Gasteiger partial charge < -0.3 is 15.0 Å². The predicted molar refractivity (Wildman–Crippen MR) is 69.6 cm³/mol. The molecule has 1 heterocycles. The molecule has 0 atom stereocenters. The third-order valence-electron chi connectivity index (χ3n) is 2.84. The maximum atomic E-state index is 5.72. The fourth-order valence-electron chi connectivity index (χ4n) is 1.11. The van der Waals surface area contributed by atoms with E-state index in [9.17, 15) is 0 Å². The Morgan fingerprint density at radius 2 is 2.00 bits per heavy atom. The lowest BCUT2D eigenvalue weighted by atomic mass is 10.1. The van der Waals surface area contributed by atoms with E-state index < -0.39 is 0 Å². The Morgan fingerprint density at radius 3 is 2.53 bits per heavy atom. The van der Waals surface area contributed by atoms with Crippen molar-refractivity contribution in [3.63, 3.8) is 0 Å². The van der Waals surface area contributed by atoms with E-state index in [2.05, 4.69) is 34.0 Å². The van der Waals surface area contributed by atoms with Crippen LogP contribution in [0.2, 0.25) is 0 Å². The molecular weight excluding hydrogens is 216 g/mol. The number of nitrogens with zero attached hydrogens (tertiary/aromatic N) is 3. The van der Waals surface area contributed by atoms with E-state index in [1.54, 1.807) is 7.05 Å². The molecule has 5 nitrogen and oxygen atoms in total. The molecule has 0 bridgehead atoms. The summed E-state index contributed by atoms with van der Waals surface area (Å²) >= 11 is 0. The number of ether oxygens (including phenoxy) is 1. The summed E-state index contributed by atoms with van der Waals surface area (Å²) in [7, 11) is 5.86. The van der Waals surface area contributed by atoms with Crippen molar-refractivity contribution in [3.8, 4) is 5.88 Å². The molecule has 0 saturated heterocycles. The minimum atomic E-state index is -0.0291. The number of likely N-dealkylation sites (N-methyl/N-ethyl adjacent to an activating group) is 1. The normalized spacial score (nSPS) is 11.7. The molecule has 0 aliphatic carbocycles. The van der Waals surface area contributed by atoms with Crippen LogP contribution in [0.3, 0.4) is 0 Å². The molecule has 0 spiro atoms. The Bertz CT molecular complexity index is 377. The van der Waals surface area contributed by atoms with Gasteiger partial charge in [0.05, 0.1) is 0 Å². The Hall–Kier alpha value is -1.36. The lowest BCUT2D eigenvalue weighted by Crippen LogP contribution is -2.43. The van der Waals surface area contributed by atoms with Crippen LogP contribution >= 0.6 is 0 Å². The van der Waals surface area contributed by atoms with Gasteiger partial charge in [-0.15, -0.1) is 0 Å². The summed E-state index contributed by atoms with van der Waals surface area (Å²) in [4.78, 5) is 10.6. The molecule has 0 aliphatic heterocycles. The van der Waals surface area contributed by atoms with Gasteiger partial charge in [0.2, 0.25) is 11.8 Å². The Labute approximate surface area is 103 Å². The van der Waals surface area contributed by atoms with Crippen molar-refractivity contribution in [3.05, 3.63) is 11.8 Å². The average Bonchev–Trinajstić information content (AvgIpc) is 2.25. The maximum absolute atomic E-state index is 5.72. The monoisotopic (exact) mass is 238 g/mol. The molecule has 5 heteroatoms. The van der Waals surface area contributed by atoms with Gasteiger partial charge in [-0.2, -0.15) is 4.98 Å². The highest BCUT2D eigenvalue weighted by Gasteiger charge is 2.21. The van der Waals surface area contributed by atoms with Crippen molar-refractivity contribution in [1.82, 2.24) is 14.9 Å².